The highest BCUT2D eigenvalue weighted by molar-refractivity contribution is 5.55. The van der Waals surface area contributed by atoms with Crippen LogP contribution >= 0.6 is 0 Å². The second kappa shape index (κ2) is 24.9. The second-order valence-electron chi connectivity index (χ2n) is 13.8. The summed E-state index contributed by atoms with van der Waals surface area (Å²) in [6.07, 6.45) is -4.51. The number of hydrogen-bond acceptors (Lipinski definition) is 6. The molecule has 6 nitrogen and oxygen atoms in total. The van der Waals surface area contributed by atoms with Gasteiger partial charge in [-0.05, 0) is 62.4 Å². The zero-order valence-corrected chi connectivity index (χ0v) is 31.9. The summed E-state index contributed by atoms with van der Waals surface area (Å²) in [6, 6.07) is 8.26. The standard InChI is InChI=1S/C39H55F11N2O4/c1-2-3-4-5-6-7-8-9-10-11-13-19-32(40)20-14-12-15-29-55-38(47,48)39(49,50)56-37(45,46)36(43,44)35(41,42)30-53-27-16-17-28-54-33-23-21-31(22-24-33)34-51-25-18-26-52-34/h18,21-26,32H,2-17,19-20,27-30H2,1H3. The Kier molecular flexibility index (Phi) is 21.9. The van der Waals surface area contributed by atoms with Crippen LogP contribution in [-0.4, -0.2) is 72.7 Å². The summed E-state index contributed by atoms with van der Waals surface area (Å²) in [5.41, 5.74) is 0.709. The van der Waals surface area contributed by atoms with Crippen LogP contribution < -0.4 is 4.74 Å². The van der Waals surface area contributed by atoms with E-state index >= 15 is 0 Å². The number of benzene rings is 1. The Morgan fingerprint density at radius 3 is 1.64 bits per heavy atom. The normalized spacial score (nSPS) is 13.6. The molecule has 1 heterocycles. The average molecular weight is 825 g/mol. The molecule has 322 valence electrons. The van der Waals surface area contributed by atoms with Crippen LogP contribution in [0.15, 0.2) is 42.7 Å². The first-order chi connectivity index (χ1) is 26.5. The Morgan fingerprint density at radius 2 is 1.07 bits per heavy atom. The molecule has 0 saturated carbocycles. The summed E-state index contributed by atoms with van der Waals surface area (Å²) in [7, 11) is 0. The SMILES string of the molecule is CCCCCCCCCCCCCC(F)CCCCCOC(F)(F)C(F)(F)OC(F)(F)C(F)(F)C(F)(F)COCCCCOc1ccc(-c2ncccn2)cc1. The van der Waals surface area contributed by atoms with E-state index in [1.54, 1.807) is 42.7 Å². The van der Waals surface area contributed by atoms with Gasteiger partial charge in [-0.2, -0.15) is 43.9 Å². The molecule has 0 aliphatic carbocycles. The fraction of sp³-hybridized carbons (Fsp3) is 0.744. The monoisotopic (exact) mass is 824 g/mol. The van der Waals surface area contributed by atoms with Gasteiger partial charge in [0, 0.05) is 24.6 Å². The predicted molar refractivity (Wildman–Crippen MR) is 189 cm³/mol. The van der Waals surface area contributed by atoms with Crippen molar-refractivity contribution in [3.05, 3.63) is 42.7 Å². The molecular weight excluding hydrogens is 769 g/mol. The Morgan fingerprint density at radius 1 is 0.571 bits per heavy atom. The van der Waals surface area contributed by atoms with Gasteiger partial charge in [0.2, 0.25) is 0 Å². The maximum Gasteiger partial charge on any atom is 0.453 e. The van der Waals surface area contributed by atoms with Gasteiger partial charge in [0.05, 0.1) is 13.2 Å². The molecule has 1 unspecified atom stereocenters. The van der Waals surface area contributed by atoms with Gasteiger partial charge in [-0.1, -0.05) is 90.4 Å². The summed E-state index contributed by atoms with van der Waals surface area (Å²) < 4.78 is 170. The zero-order valence-electron chi connectivity index (χ0n) is 31.9. The number of halogens is 11. The van der Waals surface area contributed by atoms with Crippen LogP contribution in [0.3, 0.4) is 0 Å². The quantitative estimate of drug-likeness (QED) is 0.0528. The van der Waals surface area contributed by atoms with Crippen molar-refractivity contribution in [2.45, 2.75) is 159 Å². The fourth-order valence-electron chi connectivity index (χ4n) is 5.54. The molecule has 1 aromatic carbocycles. The average Bonchev–Trinajstić information content (AvgIpc) is 3.14. The highest BCUT2D eigenvalue weighted by Crippen LogP contribution is 2.51. The Balaban J connectivity index is 1.63. The van der Waals surface area contributed by atoms with E-state index in [0.717, 1.165) is 25.7 Å². The predicted octanol–water partition coefficient (Wildman–Crippen LogP) is 13.0. The van der Waals surface area contributed by atoms with Crippen molar-refractivity contribution in [1.82, 2.24) is 9.97 Å². The molecule has 0 N–H and O–H groups in total. The lowest BCUT2D eigenvalue weighted by molar-refractivity contribution is -0.516. The van der Waals surface area contributed by atoms with E-state index in [9.17, 15) is 48.3 Å². The molecule has 0 amide bonds. The van der Waals surface area contributed by atoms with E-state index in [1.165, 1.54) is 38.5 Å². The molecular formula is C39H55F11N2O4. The minimum absolute atomic E-state index is 0.0337. The number of alkyl halides is 11. The number of nitrogens with zero attached hydrogens (tertiary/aromatic N) is 2. The Hall–Kier alpha value is -2.79. The van der Waals surface area contributed by atoms with Gasteiger partial charge in [0.25, 0.3) is 0 Å². The van der Waals surface area contributed by atoms with E-state index in [1.807, 2.05) is 0 Å². The third kappa shape index (κ3) is 17.4. The zero-order chi connectivity index (χ0) is 41.6. The van der Waals surface area contributed by atoms with E-state index in [4.69, 9.17) is 4.74 Å². The summed E-state index contributed by atoms with van der Waals surface area (Å²) in [4.78, 5) is 8.20. The van der Waals surface area contributed by atoms with Crippen molar-refractivity contribution >= 4 is 0 Å². The summed E-state index contributed by atoms with van der Waals surface area (Å²) in [5, 5.41) is 0. The second-order valence-corrected chi connectivity index (χ2v) is 13.8. The summed E-state index contributed by atoms with van der Waals surface area (Å²) >= 11 is 0. The fourth-order valence-corrected chi connectivity index (χ4v) is 5.54. The van der Waals surface area contributed by atoms with Crippen molar-refractivity contribution in [2.75, 3.05) is 26.4 Å². The third-order valence-corrected chi connectivity index (χ3v) is 8.90. The van der Waals surface area contributed by atoms with Crippen LogP contribution in [0.25, 0.3) is 11.4 Å². The van der Waals surface area contributed by atoms with Crippen LogP contribution in [0.1, 0.15) is 122 Å². The van der Waals surface area contributed by atoms with Crippen molar-refractivity contribution in [2.24, 2.45) is 0 Å². The summed E-state index contributed by atoms with van der Waals surface area (Å²) in [6.45, 7) is -1.96. The molecule has 0 fully saturated rings. The molecule has 56 heavy (non-hydrogen) atoms. The maximum absolute atomic E-state index is 14.1. The van der Waals surface area contributed by atoms with E-state index < -0.39 is 56.2 Å². The number of ether oxygens (including phenoxy) is 4. The maximum atomic E-state index is 14.1. The van der Waals surface area contributed by atoms with Crippen molar-refractivity contribution < 1.29 is 67.2 Å². The number of rotatable bonds is 33. The minimum atomic E-state index is -6.78. The molecule has 1 aromatic heterocycles. The molecule has 1 atom stereocenters. The molecule has 0 spiro atoms. The molecule has 0 saturated heterocycles. The van der Waals surface area contributed by atoms with Crippen LogP contribution in [0, 0.1) is 0 Å². The molecule has 2 aromatic rings. The van der Waals surface area contributed by atoms with E-state index in [-0.39, 0.29) is 45.1 Å². The van der Waals surface area contributed by atoms with Gasteiger partial charge >= 0.3 is 30.2 Å². The highest BCUT2D eigenvalue weighted by atomic mass is 19.4. The Labute approximate surface area is 322 Å². The Bertz CT molecular complexity index is 1310. The number of hydrogen-bond donors (Lipinski definition) is 0. The first-order valence-electron chi connectivity index (χ1n) is 19.4. The lowest BCUT2D eigenvalue weighted by Crippen LogP contribution is -2.61. The van der Waals surface area contributed by atoms with Gasteiger partial charge in [-0.25, -0.2) is 19.1 Å². The molecule has 0 aliphatic heterocycles. The molecule has 17 heteroatoms. The minimum Gasteiger partial charge on any atom is -0.494 e. The topological polar surface area (TPSA) is 62.7 Å². The van der Waals surface area contributed by atoms with E-state index in [0.29, 0.717) is 30.0 Å². The lowest BCUT2D eigenvalue weighted by atomic mass is 10.0. The van der Waals surface area contributed by atoms with Crippen molar-refractivity contribution in [3.8, 4) is 17.1 Å². The first kappa shape index (κ1) is 49.4. The van der Waals surface area contributed by atoms with Crippen LogP contribution in [0.5, 0.6) is 5.75 Å². The van der Waals surface area contributed by atoms with Crippen molar-refractivity contribution in [3.63, 3.8) is 0 Å². The van der Waals surface area contributed by atoms with Crippen LogP contribution in [0.4, 0.5) is 48.3 Å². The first-order valence-corrected chi connectivity index (χ1v) is 19.4. The third-order valence-electron chi connectivity index (χ3n) is 8.90. The van der Waals surface area contributed by atoms with Crippen LogP contribution in [0.2, 0.25) is 0 Å². The number of unbranched alkanes of at least 4 members (excludes halogenated alkanes) is 13. The van der Waals surface area contributed by atoms with Gasteiger partial charge in [0.15, 0.2) is 5.82 Å². The largest absolute Gasteiger partial charge is 0.494 e. The van der Waals surface area contributed by atoms with Crippen LogP contribution in [-0.2, 0) is 14.2 Å². The van der Waals surface area contributed by atoms with Crippen molar-refractivity contribution in [1.29, 1.82) is 0 Å². The lowest BCUT2D eigenvalue weighted by Gasteiger charge is -2.35. The van der Waals surface area contributed by atoms with E-state index in [2.05, 4.69) is 31.1 Å². The summed E-state index contributed by atoms with van der Waals surface area (Å²) in [5.74, 6) is -11.6. The van der Waals surface area contributed by atoms with Gasteiger partial charge < -0.3 is 14.2 Å². The molecule has 0 bridgehead atoms. The van der Waals surface area contributed by atoms with Gasteiger partial charge in [0.1, 0.15) is 18.5 Å². The van der Waals surface area contributed by atoms with Gasteiger partial charge in [-0.3, -0.25) is 0 Å². The number of aromatic nitrogens is 2. The molecule has 0 radical (unpaired) electrons. The molecule has 2 rings (SSSR count). The van der Waals surface area contributed by atoms with Gasteiger partial charge in [-0.15, -0.1) is 0 Å². The smallest absolute Gasteiger partial charge is 0.453 e. The highest BCUT2D eigenvalue weighted by Gasteiger charge is 2.77. The molecule has 0 aliphatic rings.